The second kappa shape index (κ2) is 5.01. The average molecular weight is 101 g/mol. The lowest BCUT2D eigenvalue weighted by Gasteiger charge is -1.94. The molecule has 0 saturated carbocycles. The zero-order chi connectivity index (χ0) is 5.54. The fourth-order valence-corrected chi connectivity index (χ4v) is 0.121. The standard InChI is InChI=1S/C4H7NO2/c1-2-6-4-7-3-5/h2-3,5H,1,4H2. The van der Waals surface area contributed by atoms with Crippen molar-refractivity contribution >= 4 is 6.40 Å². The van der Waals surface area contributed by atoms with Gasteiger partial charge in [-0.15, -0.1) is 0 Å². The Morgan fingerprint density at radius 1 is 1.57 bits per heavy atom. The van der Waals surface area contributed by atoms with Gasteiger partial charge in [-0.1, -0.05) is 6.58 Å². The zero-order valence-corrected chi connectivity index (χ0v) is 3.89. The van der Waals surface area contributed by atoms with Crippen LogP contribution in [-0.2, 0) is 9.47 Å². The topological polar surface area (TPSA) is 42.3 Å². The molecule has 0 saturated heterocycles. The largest absolute Gasteiger partial charge is 0.466 e. The van der Waals surface area contributed by atoms with Crippen LogP contribution in [0.1, 0.15) is 0 Å². The Labute approximate surface area is 42.1 Å². The molecule has 1 N–H and O–H groups in total. The monoisotopic (exact) mass is 101 g/mol. The quantitative estimate of drug-likeness (QED) is 0.186. The predicted octanol–water partition coefficient (Wildman–Crippen LogP) is 0.728. The SMILES string of the molecule is C=COCOC=N. The Hall–Kier alpha value is -0.990. The van der Waals surface area contributed by atoms with Gasteiger partial charge in [0.05, 0.1) is 6.26 Å². The van der Waals surface area contributed by atoms with E-state index in [1.165, 1.54) is 6.26 Å². The molecule has 0 unspecified atom stereocenters. The summed E-state index contributed by atoms with van der Waals surface area (Å²) in [6.07, 6.45) is 2.06. The molecule has 40 valence electrons. The average Bonchev–Trinajstić information content (AvgIpc) is 1.69. The Morgan fingerprint density at radius 3 is 2.71 bits per heavy atom. The van der Waals surface area contributed by atoms with Crippen LogP contribution in [0.2, 0.25) is 0 Å². The van der Waals surface area contributed by atoms with Crippen molar-refractivity contribution < 1.29 is 9.47 Å². The minimum Gasteiger partial charge on any atom is -0.466 e. The molecule has 0 bridgehead atoms. The first-order valence-electron chi connectivity index (χ1n) is 1.75. The third-order valence-electron chi connectivity index (χ3n) is 0.337. The molecule has 0 aliphatic heterocycles. The number of hydrogen-bond acceptors (Lipinski definition) is 3. The minimum atomic E-state index is 0.0764. The van der Waals surface area contributed by atoms with Crippen molar-refractivity contribution in [2.24, 2.45) is 0 Å². The highest BCUT2D eigenvalue weighted by atomic mass is 16.7. The summed E-state index contributed by atoms with van der Waals surface area (Å²) in [5.74, 6) is 0. The summed E-state index contributed by atoms with van der Waals surface area (Å²) in [6.45, 7) is 3.33. The molecular formula is C4H7NO2. The third-order valence-corrected chi connectivity index (χ3v) is 0.337. The number of nitrogens with one attached hydrogen (secondary N) is 1. The van der Waals surface area contributed by atoms with Crippen molar-refractivity contribution in [2.45, 2.75) is 0 Å². The van der Waals surface area contributed by atoms with Gasteiger partial charge in [-0.05, 0) is 0 Å². The molecule has 0 aliphatic carbocycles. The van der Waals surface area contributed by atoms with Crippen molar-refractivity contribution in [1.29, 1.82) is 5.41 Å². The van der Waals surface area contributed by atoms with Gasteiger partial charge in [-0.2, -0.15) is 0 Å². The lowest BCUT2D eigenvalue weighted by atomic mass is 11.1. The molecular weight excluding hydrogens is 94.0 g/mol. The first-order chi connectivity index (χ1) is 3.41. The first kappa shape index (κ1) is 6.01. The molecule has 0 aromatic heterocycles. The molecule has 3 nitrogen and oxygen atoms in total. The fourth-order valence-electron chi connectivity index (χ4n) is 0.121. The second-order valence-electron chi connectivity index (χ2n) is 0.736. The maximum absolute atomic E-state index is 6.32. The summed E-state index contributed by atoms with van der Waals surface area (Å²) in [5.41, 5.74) is 0. The number of hydrogen-bond donors (Lipinski definition) is 1. The van der Waals surface area contributed by atoms with Crippen LogP contribution in [0.25, 0.3) is 0 Å². The van der Waals surface area contributed by atoms with Crippen LogP contribution >= 0.6 is 0 Å². The highest BCUT2D eigenvalue weighted by Gasteiger charge is 1.69. The van der Waals surface area contributed by atoms with Crippen molar-refractivity contribution in [3.8, 4) is 0 Å². The third kappa shape index (κ3) is 5.01. The van der Waals surface area contributed by atoms with E-state index in [0.717, 1.165) is 6.40 Å². The van der Waals surface area contributed by atoms with E-state index in [0.29, 0.717) is 0 Å². The van der Waals surface area contributed by atoms with Crippen LogP contribution in [0.5, 0.6) is 0 Å². The lowest BCUT2D eigenvalue weighted by molar-refractivity contribution is 0.0764. The Morgan fingerprint density at radius 2 is 2.29 bits per heavy atom. The van der Waals surface area contributed by atoms with Gasteiger partial charge in [0, 0.05) is 0 Å². The van der Waals surface area contributed by atoms with Gasteiger partial charge in [-0.25, -0.2) is 0 Å². The lowest BCUT2D eigenvalue weighted by Crippen LogP contribution is -1.90. The van der Waals surface area contributed by atoms with Crippen LogP contribution in [0.3, 0.4) is 0 Å². The molecule has 0 rings (SSSR count). The summed E-state index contributed by atoms with van der Waals surface area (Å²) in [6, 6.07) is 0. The number of rotatable bonds is 4. The highest BCUT2D eigenvalue weighted by Crippen LogP contribution is 1.70. The van der Waals surface area contributed by atoms with Crippen LogP contribution in [0.15, 0.2) is 12.8 Å². The van der Waals surface area contributed by atoms with Crippen LogP contribution in [0, 0.1) is 5.41 Å². The van der Waals surface area contributed by atoms with E-state index < -0.39 is 0 Å². The molecule has 0 aliphatic rings. The Balaban J connectivity index is 2.68. The van der Waals surface area contributed by atoms with Crippen LogP contribution in [0.4, 0.5) is 0 Å². The van der Waals surface area contributed by atoms with Gasteiger partial charge in [0.15, 0.2) is 6.40 Å². The maximum Gasteiger partial charge on any atom is 0.231 e. The fraction of sp³-hybridized carbons (Fsp3) is 0.250. The summed E-state index contributed by atoms with van der Waals surface area (Å²) < 4.78 is 8.79. The highest BCUT2D eigenvalue weighted by molar-refractivity contribution is 5.40. The molecule has 0 amide bonds. The van der Waals surface area contributed by atoms with E-state index in [2.05, 4.69) is 16.1 Å². The minimum absolute atomic E-state index is 0.0764. The Bertz CT molecular complexity index is 54.7. The molecule has 0 heterocycles. The molecule has 0 aromatic rings. The molecule has 0 fully saturated rings. The predicted molar refractivity (Wildman–Crippen MR) is 26.0 cm³/mol. The number of ether oxygens (including phenoxy) is 2. The normalized spacial score (nSPS) is 6.86. The van der Waals surface area contributed by atoms with E-state index in [4.69, 9.17) is 5.41 Å². The molecule has 0 atom stereocenters. The summed E-state index contributed by atoms with van der Waals surface area (Å²) in [7, 11) is 0. The summed E-state index contributed by atoms with van der Waals surface area (Å²) in [4.78, 5) is 0. The van der Waals surface area contributed by atoms with Crippen LogP contribution in [-0.4, -0.2) is 13.2 Å². The Kier molecular flexibility index (Phi) is 4.30. The summed E-state index contributed by atoms with van der Waals surface area (Å²) >= 11 is 0. The molecule has 3 heteroatoms. The zero-order valence-electron chi connectivity index (χ0n) is 3.89. The van der Waals surface area contributed by atoms with E-state index in [1.807, 2.05) is 0 Å². The molecule has 0 spiro atoms. The molecule has 7 heavy (non-hydrogen) atoms. The molecule has 0 radical (unpaired) electrons. The van der Waals surface area contributed by atoms with Gasteiger partial charge >= 0.3 is 0 Å². The first-order valence-corrected chi connectivity index (χ1v) is 1.75. The van der Waals surface area contributed by atoms with Gasteiger partial charge in [0.25, 0.3) is 0 Å². The van der Waals surface area contributed by atoms with Gasteiger partial charge in [0.2, 0.25) is 6.79 Å². The second-order valence-corrected chi connectivity index (χ2v) is 0.736. The van der Waals surface area contributed by atoms with Gasteiger partial charge < -0.3 is 9.47 Å². The van der Waals surface area contributed by atoms with Crippen molar-refractivity contribution in [3.05, 3.63) is 12.8 Å². The smallest absolute Gasteiger partial charge is 0.231 e. The van der Waals surface area contributed by atoms with Gasteiger partial charge in [0.1, 0.15) is 0 Å². The van der Waals surface area contributed by atoms with E-state index in [9.17, 15) is 0 Å². The van der Waals surface area contributed by atoms with E-state index in [1.54, 1.807) is 0 Å². The van der Waals surface area contributed by atoms with Gasteiger partial charge in [-0.3, -0.25) is 5.41 Å². The van der Waals surface area contributed by atoms with E-state index in [-0.39, 0.29) is 6.79 Å². The van der Waals surface area contributed by atoms with Crippen molar-refractivity contribution in [3.63, 3.8) is 0 Å². The molecule has 0 aromatic carbocycles. The van der Waals surface area contributed by atoms with Crippen molar-refractivity contribution in [1.82, 2.24) is 0 Å². The van der Waals surface area contributed by atoms with Crippen LogP contribution < -0.4 is 0 Å². The van der Waals surface area contributed by atoms with Crippen molar-refractivity contribution in [2.75, 3.05) is 6.79 Å². The maximum atomic E-state index is 6.32. The summed E-state index contributed by atoms with van der Waals surface area (Å²) in [5, 5.41) is 6.32. The van der Waals surface area contributed by atoms with E-state index >= 15 is 0 Å².